The third kappa shape index (κ3) is 4.63. The fourth-order valence-corrected chi connectivity index (χ4v) is 6.77. The molecule has 0 spiro atoms. The second-order valence-electron chi connectivity index (χ2n) is 9.52. The molecule has 2 aromatic carbocycles. The molecule has 0 saturated carbocycles. The van der Waals surface area contributed by atoms with Crippen molar-refractivity contribution in [3.05, 3.63) is 58.0 Å². The summed E-state index contributed by atoms with van der Waals surface area (Å²) < 4.78 is 39.0. The molecule has 2 aliphatic rings. The first-order valence-electron chi connectivity index (χ1n) is 11.3. The van der Waals surface area contributed by atoms with Gasteiger partial charge in [0.05, 0.1) is 10.9 Å². The zero-order valence-electron chi connectivity index (χ0n) is 19.6. The molecule has 11 heteroatoms. The van der Waals surface area contributed by atoms with Crippen molar-refractivity contribution in [2.75, 3.05) is 18.7 Å². The molecule has 184 valence electrons. The van der Waals surface area contributed by atoms with Gasteiger partial charge in [0.1, 0.15) is 5.01 Å². The lowest BCUT2D eigenvalue weighted by Gasteiger charge is -2.23. The molecule has 1 fully saturated rings. The first kappa shape index (κ1) is 23.7. The van der Waals surface area contributed by atoms with Gasteiger partial charge < -0.3 is 14.8 Å². The molecular formula is C24H26N4O5S2. The van der Waals surface area contributed by atoms with Crippen LogP contribution in [0.25, 0.3) is 0 Å². The normalized spacial score (nSPS) is 18.1. The van der Waals surface area contributed by atoms with E-state index in [9.17, 15) is 13.2 Å². The topological polar surface area (TPSA) is 111 Å². The van der Waals surface area contributed by atoms with Crippen molar-refractivity contribution in [1.29, 1.82) is 0 Å². The summed E-state index contributed by atoms with van der Waals surface area (Å²) in [6.45, 7) is 6.80. The van der Waals surface area contributed by atoms with E-state index in [2.05, 4.69) is 36.3 Å². The molecule has 0 unspecified atom stereocenters. The van der Waals surface area contributed by atoms with Gasteiger partial charge in [0, 0.05) is 18.3 Å². The first-order chi connectivity index (χ1) is 16.6. The standard InChI is InChI=1S/C24H26N4O5S2/c1-24(2,3)15-6-9-17(10-7-15)35(30,31)28-12-4-5-18(28)22-26-27-23(34-22)21(29)25-16-8-11-19-20(13-16)33-14-32-19/h6-11,13,18H,4-5,12,14H2,1-3H3,(H,25,29)/t18-/m1/s1. The predicted molar refractivity (Wildman–Crippen MR) is 131 cm³/mol. The van der Waals surface area contributed by atoms with E-state index in [0.717, 1.165) is 16.9 Å². The van der Waals surface area contributed by atoms with E-state index in [4.69, 9.17) is 9.47 Å². The number of carbonyl (C=O) groups excluding carboxylic acids is 1. The molecule has 1 N–H and O–H groups in total. The molecule has 5 rings (SSSR count). The van der Waals surface area contributed by atoms with Crippen molar-refractivity contribution in [3.63, 3.8) is 0 Å². The van der Waals surface area contributed by atoms with Gasteiger partial charge in [0.15, 0.2) is 11.5 Å². The molecule has 1 aromatic heterocycles. The van der Waals surface area contributed by atoms with E-state index in [1.165, 1.54) is 4.31 Å². The molecule has 0 bridgehead atoms. The highest BCUT2D eigenvalue weighted by atomic mass is 32.2. The second-order valence-corrected chi connectivity index (χ2v) is 12.4. The van der Waals surface area contributed by atoms with Crippen LogP contribution in [0.5, 0.6) is 11.5 Å². The van der Waals surface area contributed by atoms with Crippen LogP contribution in [-0.4, -0.2) is 42.2 Å². The first-order valence-corrected chi connectivity index (χ1v) is 13.6. The van der Waals surface area contributed by atoms with E-state index < -0.39 is 22.0 Å². The highest BCUT2D eigenvalue weighted by molar-refractivity contribution is 7.89. The van der Waals surface area contributed by atoms with E-state index in [1.54, 1.807) is 30.3 Å². The molecule has 3 heterocycles. The van der Waals surface area contributed by atoms with Crippen molar-refractivity contribution >= 4 is 33.0 Å². The van der Waals surface area contributed by atoms with E-state index in [0.29, 0.717) is 41.6 Å². The minimum absolute atomic E-state index is 0.0669. The van der Waals surface area contributed by atoms with E-state index >= 15 is 0 Å². The van der Waals surface area contributed by atoms with Gasteiger partial charge in [-0.3, -0.25) is 4.79 Å². The molecule has 2 aliphatic heterocycles. The molecule has 35 heavy (non-hydrogen) atoms. The van der Waals surface area contributed by atoms with Gasteiger partial charge in [0.2, 0.25) is 21.8 Å². The summed E-state index contributed by atoms with van der Waals surface area (Å²) >= 11 is 1.11. The summed E-state index contributed by atoms with van der Waals surface area (Å²) in [4.78, 5) is 13.0. The Hall–Kier alpha value is -3.02. The molecular weight excluding hydrogens is 488 g/mol. The fraction of sp³-hybridized carbons (Fsp3) is 0.375. The summed E-state index contributed by atoms with van der Waals surface area (Å²) in [5, 5.41) is 11.7. The number of nitrogens with one attached hydrogen (secondary N) is 1. The summed E-state index contributed by atoms with van der Waals surface area (Å²) in [6, 6.07) is 11.7. The smallest absolute Gasteiger partial charge is 0.286 e. The lowest BCUT2D eigenvalue weighted by molar-refractivity contribution is 0.102. The van der Waals surface area contributed by atoms with Crippen LogP contribution in [0.4, 0.5) is 5.69 Å². The number of amides is 1. The van der Waals surface area contributed by atoms with Gasteiger partial charge in [-0.2, -0.15) is 4.31 Å². The van der Waals surface area contributed by atoms with Crippen molar-refractivity contribution in [2.24, 2.45) is 0 Å². The molecule has 1 amide bonds. The van der Waals surface area contributed by atoms with Gasteiger partial charge in [-0.1, -0.05) is 44.2 Å². The van der Waals surface area contributed by atoms with E-state index in [1.807, 2.05) is 12.1 Å². The number of carbonyl (C=O) groups is 1. The number of nitrogens with zero attached hydrogens (tertiary/aromatic N) is 3. The average molecular weight is 515 g/mol. The summed E-state index contributed by atoms with van der Waals surface area (Å²) in [5.74, 6) is 0.762. The number of anilines is 1. The Balaban J connectivity index is 1.33. The largest absolute Gasteiger partial charge is 0.454 e. The maximum Gasteiger partial charge on any atom is 0.286 e. The van der Waals surface area contributed by atoms with Gasteiger partial charge in [-0.15, -0.1) is 10.2 Å². The molecule has 0 aliphatic carbocycles. The number of ether oxygens (including phenoxy) is 2. The number of rotatable bonds is 5. The summed E-state index contributed by atoms with van der Waals surface area (Å²) in [7, 11) is -3.72. The predicted octanol–water partition coefficient (Wildman–Crippen LogP) is 4.34. The van der Waals surface area contributed by atoms with Gasteiger partial charge in [-0.05, 0) is 48.1 Å². The van der Waals surface area contributed by atoms with Crippen molar-refractivity contribution in [3.8, 4) is 11.5 Å². The molecule has 9 nitrogen and oxygen atoms in total. The van der Waals surface area contributed by atoms with Crippen LogP contribution < -0.4 is 14.8 Å². The molecule has 3 aromatic rings. The van der Waals surface area contributed by atoms with Crippen LogP contribution >= 0.6 is 11.3 Å². The van der Waals surface area contributed by atoms with Crippen LogP contribution in [0.15, 0.2) is 47.4 Å². The lowest BCUT2D eigenvalue weighted by atomic mass is 9.87. The molecule has 0 radical (unpaired) electrons. The number of hydrogen-bond acceptors (Lipinski definition) is 8. The molecule has 1 atom stereocenters. The Morgan fingerprint density at radius 3 is 2.57 bits per heavy atom. The maximum atomic E-state index is 13.4. The van der Waals surface area contributed by atoms with Gasteiger partial charge >= 0.3 is 0 Å². The quantitative estimate of drug-likeness (QED) is 0.539. The Labute approximate surface area is 208 Å². The number of benzene rings is 2. The minimum Gasteiger partial charge on any atom is -0.454 e. The van der Waals surface area contributed by atoms with Crippen LogP contribution in [-0.2, 0) is 15.4 Å². The summed E-state index contributed by atoms with van der Waals surface area (Å²) in [5.41, 5.74) is 1.54. The second kappa shape index (κ2) is 8.89. The van der Waals surface area contributed by atoms with Gasteiger partial charge in [0.25, 0.3) is 5.91 Å². The molecule has 1 saturated heterocycles. The van der Waals surface area contributed by atoms with Crippen molar-refractivity contribution in [2.45, 2.75) is 50.0 Å². The SMILES string of the molecule is CC(C)(C)c1ccc(S(=O)(=O)N2CCC[C@@H]2c2nnc(C(=O)Nc3ccc4c(c3)OCO4)s2)cc1. The number of sulfonamides is 1. The van der Waals surface area contributed by atoms with Crippen LogP contribution in [0, 0.1) is 0 Å². The van der Waals surface area contributed by atoms with Crippen molar-refractivity contribution in [1.82, 2.24) is 14.5 Å². The number of fused-ring (bicyclic) bond motifs is 1. The van der Waals surface area contributed by atoms with Crippen LogP contribution in [0.2, 0.25) is 0 Å². The highest BCUT2D eigenvalue weighted by Crippen LogP contribution is 2.38. The third-order valence-electron chi connectivity index (χ3n) is 6.08. The monoisotopic (exact) mass is 514 g/mol. The summed E-state index contributed by atoms with van der Waals surface area (Å²) in [6.07, 6.45) is 1.33. The lowest BCUT2D eigenvalue weighted by Crippen LogP contribution is -2.30. The average Bonchev–Trinajstić information content (AvgIpc) is 3.58. The zero-order chi connectivity index (χ0) is 24.8. The Morgan fingerprint density at radius 2 is 1.83 bits per heavy atom. The third-order valence-corrected chi connectivity index (χ3v) is 9.03. The zero-order valence-corrected chi connectivity index (χ0v) is 21.3. The maximum absolute atomic E-state index is 13.4. The Kier molecular flexibility index (Phi) is 6.02. The van der Waals surface area contributed by atoms with Crippen LogP contribution in [0.3, 0.4) is 0 Å². The Bertz CT molecular complexity index is 1360. The fourth-order valence-electron chi connectivity index (χ4n) is 4.16. The number of aromatic nitrogens is 2. The highest BCUT2D eigenvalue weighted by Gasteiger charge is 2.38. The Morgan fingerprint density at radius 1 is 1.09 bits per heavy atom. The minimum atomic E-state index is -3.72. The van der Waals surface area contributed by atoms with Crippen molar-refractivity contribution < 1.29 is 22.7 Å². The van der Waals surface area contributed by atoms with Crippen LogP contribution in [0.1, 0.15) is 60.0 Å². The van der Waals surface area contributed by atoms with E-state index in [-0.39, 0.29) is 22.1 Å². The number of hydrogen-bond donors (Lipinski definition) is 1. The van der Waals surface area contributed by atoms with Gasteiger partial charge in [-0.25, -0.2) is 8.42 Å².